The Bertz CT molecular complexity index is 1150. The number of aromatic nitrogens is 5. The van der Waals surface area contributed by atoms with Crippen LogP contribution >= 0.6 is 11.8 Å². The van der Waals surface area contributed by atoms with Crippen LogP contribution in [0.15, 0.2) is 66.3 Å². The number of allylic oxidation sites excluding steroid dienone is 1. The minimum Gasteiger partial charge on any atom is -0.298 e. The minimum absolute atomic E-state index is 0.326. The van der Waals surface area contributed by atoms with E-state index in [9.17, 15) is 4.39 Å². The molecule has 0 unspecified atom stereocenters. The largest absolute Gasteiger partial charge is 0.298 e. The van der Waals surface area contributed by atoms with Crippen molar-refractivity contribution in [2.75, 3.05) is 0 Å². The second kappa shape index (κ2) is 7.90. The monoisotopic (exact) mass is 391 g/mol. The molecule has 2 aromatic heterocycles. The molecule has 0 fully saturated rings. The van der Waals surface area contributed by atoms with Gasteiger partial charge in [-0.2, -0.15) is 0 Å². The highest BCUT2D eigenvalue weighted by Gasteiger charge is 2.17. The Balaban J connectivity index is 1.65. The number of fused-ring (bicyclic) bond motifs is 1. The van der Waals surface area contributed by atoms with E-state index in [1.165, 1.54) is 17.8 Å². The molecule has 4 rings (SSSR count). The lowest BCUT2D eigenvalue weighted by Gasteiger charge is -2.09. The number of para-hydroxylation sites is 2. The summed E-state index contributed by atoms with van der Waals surface area (Å²) in [6, 6.07) is 14.4. The predicted octanol–water partition coefficient (Wildman–Crippen LogP) is 4.81. The third kappa shape index (κ3) is 3.53. The molecule has 140 valence electrons. The highest BCUT2D eigenvalue weighted by molar-refractivity contribution is 7.98. The van der Waals surface area contributed by atoms with Gasteiger partial charge in [-0.1, -0.05) is 42.1 Å². The van der Waals surface area contributed by atoms with Gasteiger partial charge in [-0.15, -0.1) is 16.8 Å². The molecular weight excluding hydrogens is 373 g/mol. The van der Waals surface area contributed by atoms with Crippen LogP contribution in [0.2, 0.25) is 0 Å². The number of rotatable bonds is 6. The van der Waals surface area contributed by atoms with E-state index in [4.69, 9.17) is 4.98 Å². The highest BCUT2D eigenvalue weighted by atomic mass is 32.2. The van der Waals surface area contributed by atoms with Gasteiger partial charge in [0.2, 0.25) is 0 Å². The average molecular weight is 391 g/mol. The summed E-state index contributed by atoms with van der Waals surface area (Å²) in [5.41, 5.74) is 3.94. The molecule has 0 aliphatic carbocycles. The molecule has 0 bridgehead atoms. The number of hydrogen-bond acceptors (Lipinski definition) is 5. The van der Waals surface area contributed by atoms with Crippen LogP contribution < -0.4 is 0 Å². The first-order valence-electron chi connectivity index (χ1n) is 8.81. The second-order valence-corrected chi connectivity index (χ2v) is 7.16. The lowest BCUT2D eigenvalue weighted by atomic mass is 10.2. The molecule has 0 aliphatic heterocycles. The molecule has 0 N–H and O–H groups in total. The van der Waals surface area contributed by atoms with Crippen molar-refractivity contribution in [2.45, 2.75) is 24.4 Å². The number of benzene rings is 2. The molecule has 7 heteroatoms. The lowest BCUT2D eigenvalue weighted by Crippen LogP contribution is -2.02. The zero-order valence-electron chi connectivity index (χ0n) is 15.3. The summed E-state index contributed by atoms with van der Waals surface area (Å²) < 4.78 is 16.1. The molecule has 28 heavy (non-hydrogen) atoms. The van der Waals surface area contributed by atoms with Gasteiger partial charge in [-0.3, -0.25) is 4.57 Å². The average Bonchev–Trinajstić information content (AvgIpc) is 3.09. The number of nitrogens with zero attached hydrogens (tertiary/aromatic N) is 5. The van der Waals surface area contributed by atoms with E-state index in [0.717, 1.165) is 22.4 Å². The van der Waals surface area contributed by atoms with Gasteiger partial charge in [0.1, 0.15) is 5.82 Å². The van der Waals surface area contributed by atoms with E-state index in [1.807, 2.05) is 35.8 Å². The van der Waals surface area contributed by atoms with E-state index in [-0.39, 0.29) is 5.82 Å². The molecule has 4 aromatic rings. The van der Waals surface area contributed by atoms with Crippen LogP contribution in [-0.4, -0.2) is 24.7 Å². The molecule has 0 spiro atoms. The van der Waals surface area contributed by atoms with Crippen LogP contribution in [0.4, 0.5) is 4.39 Å². The SMILES string of the molecule is C=CCn1c(SCc2nc3ccccc3nc2C)nnc1-c1ccccc1F. The van der Waals surface area contributed by atoms with Crippen LogP contribution in [0.1, 0.15) is 11.4 Å². The Morgan fingerprint density at radius 3 is 2.50 bits per heavy atom. The molecule has 0 amide bonds. The van der Waals surface area contributed by atoms with Crippen molar-refractivity contribution in [1.82, 2.24) is 24.7 Å². The smallest absolute Gasteiger partial charge is 0.192 e. The zero-order valence-corrected chi connectivity index (χ0v) is 16.2. The Morgan fingerprint density at radius 1 is 1.04 bits per heavy atom. The van der Waals surface area contributed by atoms with Gasteiger partial charge >= 0.3 is 0 Å². The maximum Gasteiger partial charge on any atom is 0.192 e. The summed E-state index contributed by atoms with van der Waals surface area (Å²) in [5, 5.41) is 9.18. The quantitative estimate of drug-likeness (QED) is 0.349. The number of thioether (sulfide) groups is 1. The van der Waals surface area contributed by atoms with E-state index in [2.05, 4.69) is 21.8 Å². The van der Waals surface area contributed by atoms with E-state index in [0.29, 0.717) is 28.8 Å². The van der Waals surface area contributed by atoms with Crippen molar-refractivity contribution >= 4 is 22.8 Å². The maximum atomic E-state index is 14.2. The van der Waals surface area contributed by atoms with Crippen LogP contribution in [0.25, 0.3) is 22.4 Å². The minimum atomic E-state index is -0.326. The molecule has 0 atom stereocenters. The van der Waals surface area contributed by atoms with Crippen LogP contribution in [0, 0.1) is 12.7 Å². The molecule has 0 radical (unpaired) electrons. The topological polar surface area (TPSA) is 56.5 Å². The van der Waals surface area contributed by atoms with E-state index in [1.54, 1.807) is 24.3 Å². The maximum absolute atomic E-state index is 14.2. The van der Waals surface area contributed by atoms with E-state index >= 15 is 0 Å². The molecule has 0 aliphatic rings. The van der Waals surface area contributed by atoms with Gasteiger partial charge in [0, 0.05) is 12.3 Å². The van der Waals surface area contributed by atoms with E-state index < -0.39 is 0 Å². The summed E-state index contributed by atoms with van der Waals surface area (Å²) in [6.07, 6.45) is 1.75. The lowest BCUT2D eigenvalue weighted by molar-refractivity contribution is 0.626. The van der Waals surface area contributed by atoms with Gasteiger partial charge in [0.05, 0.1) is 28.0 Å². The second-order valence-electron chi connectivity index (χ2n) is 6.22. The van der Waals surface area contributed by atoms with Crippen molar-refractivity contribution in [1.29, 1.82) is 0 Å². The normalized spacial score (nSPS) is 11.1. The predicted molar refractivity (Wildman–Crippen MR) is 109 cm³/mol. The third-order valence-corrected chi connectivity index (χ3v) is 5.30. The first kappa shape index (κ1) is 18.3. The van der Waals surface area contributed by atoms with Crippen LogP contribution in [0.3, 0.4) is 0 Å². The fraction of sp³-hybridized carbons (Fsp3) is 0.143. The van der Waals surface area contributed by atoms with Crippen molar-refractivity contribution in [3.8, 4) is 11.4 Å². The number of halogens is 1. The molecule has 2 aromatic carbocycles. The van der Waals surface area contributed by atoms with Gasteiger partial charge in [-0.25, -0.2) is 14.4 Å². The molecule has 0 saturated carbocycles. The summed E-state index contributed by atoms with van der Waals surface area (Å²) in [4.78, 5) is 9.35. The summed E-state index contributed by atoms with van der Waals surface area (Å²) in [6.45, 7) is 6.24. The van der Waals surface area contributed by atoms with Gasteiger partial charge in [-0.05, 0) is 31.2 Å². The Morgan fingerprint density at radius 2 is 1.75 bits per heavy atom. The first-order chi connectivity index (χ1) is 13.7. The number of aryl methyl sites for hydroxylation is 1. The van der Waals surface area contributed by atoms with Crippen molar-refractivity contribution in [2.24, 2.45) is 0 Å². The zero-order chi connectivity index (χ0) is 19.5. The summed E-state index contributed by atoms with van der Waals surface area (Å²) in [7, 11) is 0. The summed E-state index contributed by atoms with van der Waals surface area (Å²) >= 11 is 1.50. The summed E-state index contributed by atoms with van der Waals surface area (Å²) in [5.74, 6) is 0.755. The van der Waals surface area contributed by atoms with Gasteiger partial charge in [0.15, 0.2) is 11.0 Å². The highest BCUT2D eigenvalue weighted by Crippen LogP contribution is 2.28. The van der Waals surface area contributed by atoms with Crippen LogP contribution in [-0.2, 0) is 12.3 Å². The fourth-order valence-electron chi connectivity index (χ4n) is 2.93. The Labute approximate surface area is 166 Å². The van der Waals surface area contributed by atoms with Gasteiger partial charge < -0.3 is 0 Å². The first-order valence-corrected chi connectivity index (χ1v) is 9.80. The van der Waals surface area contributed by atoms with Gasteiger partial charge in [0.25, 0.3) is 0 Å². The van der Waals surface area contributed by atoms with Crippen molar-refractivity contribution in [3.05, 3.63) is 78.4 Å². The fourth-order valence-corrected chi connectivity index (χ4v) is 3.88. The standard InChI is InChI=1S/C21H18FN5S/c1-3-12-27-20(15-8-4-5-9-16(15)22)25-26-21(27)28-13-19-14(2)23-17-10-6-7-11-18(17)24-19/h3-11H,1,12-13H2,2H3. The van der Waals surface area contributed by atoms with Crippen LogP contribution in [0.5, 0.6) is 0 Å². The van der Waals surface area contributed by atoms with Crippen molar-refractivity contribution in [3.63, 3.8) is 0 Å². The van der Waals surface area contributed by atoms with Crippen molar-refractivity contribution < 1.29 is 4.39 Å². The molecule has 2 heterocycles. The molecule has 5 nitrogen and oxygen atoms in total. The number of hydrogen-bond donors (Lipinski definition) is 0. The Kier molecular flexibility index (Phi) is 5.16. The Hall–Kier alpha value is -3.06. The third-order valence-electron chi connectivity index (χ3n) is 4.32. The molecular formula is C21H18FN5S. The molecule has 0 saturated heterocycles.